The number of amides is 2. The zero-order valence-corrected chi connectivity index (χ0v) is 26.6. The molecule has 5 atom stereocenters. The van der Waals surface area contributed by atoms with Gasteiger partial charge in [0.2, 0.25) is 5.91 Å². The molecule has 2 amide bonds. The van der Waals surface area contributed by atoms with E-state index in [1.807, 2.05) is 60.7 Å². The first-order valence-electron chi connectivity index (χ1n) is 15.7. The molecule has 0 aliphatic carbocycles. The van der Waals surface area contributed by atoms with Gasteiger partial charge in [-0.15, -0.1) is 0 Å². The molecule has 49 heavy (non-hydrogen) atoms. The number of aromatic nitrogens is 2. The van der Waals surface area contributed by atoms with Gasteiger partial charge in [0.25, 0.3) is 5.56 Å². The maximum absolute atomic E-state index is 13.5. The standard InChI is InChI=1S/C33H35N7O9/c1-20-17-40(33(46)36-28(20)41)27-16-23(37-38-34)26(49-27)19-48-32(45)30(43)39-14-8-13-25(39)29(42)35-24(15-21-9-4-2-5-10-21)31(44)47-18-22-11-6-3-7-12-22/h2-7,9-12,17,23-27H,8,13-16,18-19H2,1H3,(H,35,42)(H,36,41,46)/t23-,24-,25?,26+,27+/m0/s1. The Balaban J connectivity index is 1.21. The number of carbonyl (C=O) groups excluding carboxylic acids is 4. The number of esters is 2. The Bertz CT molecular complexity index is 1840. The summed E-state index contributed by atoms with van der Waals surface area (Å²) >= 11 is 0. The molecule has 3 aromatic rings. The fourth-order valence-corrected chi connectivity index (χ4v) is 5.78. The van der Waals surface area contributed by atoms with Crippen molar-refractivity contribution in [3.8, 4) is 0 Å². The molecule has 0 bridgehead atoms. The number of rotatable bonds is 11. The first-order chi connectivity index (χ1) is 23.6. The average Bonchev–Trinajstić information content (AvgIpc) is 3.76. The number of azide groups is 1. The van der Waals surface area contributed by atoms with Crippen LogP contribution in [0.4, 0.5) is 0 Å². The molecule has 3 heterocycles. The van der Waals surface area contributed by atoms with Crippen molar-refractivity contribution >= 4 is 23.8 Å². The predicted molar refractivity (Wildman–Crippen MR) is 172 cm³/mol. The van der Waals surface area contributed by atoms with E-state index < -0.39 is 72.1 Å². The first kappa shape index (κ1) is 34.6. The van der Waals surface area contributed by atoms with Crippen LogP contribution in [0.3, 0.4) is 0 Å². The second-order valence-corrected chi connectivity index (χ2v) is 11.7. The van der Waals surface area contributed by atoms with Crippen LogP contribution in [-0.4, -0.2) is 75.6 Å². The molecule has 1 unspecified atom stereocenters. The first-order valence-corrected chi connectivity index (χ1v) is 15.7. The Morgan fingerprint density at radius 1 is 1.06 bits per heavy atom. The van der Waals surface area contributed by atoms with Crippen LogP contribution in [0, 0.1) is 6.92 Å². The fraction of sp³-hybridized carbons (Fsp3) is 0.394. The van der Waals surface area contributed by atoms with E-state index in [2.05, 4.69) is 20.3 Å². The van der Waals surface area contributed by atoms with Crippen molar-refractivity contribution in [3.05, 3.63) is 115 Å². The Labute approximate surface area is 279 Å². The average molecular weight is 674 g/mol. The minimum Gasteiger partial charge on any atom is -0.459 e. The van der Waals surface area contributed by atoms with E-state index in [4.69, 9.17) is 19.7 Å². The maximum Gasteiger partial charge on any atom is 0.397 e. The normalized spacial score (nSPS) is 20.6. The number of ether oxygens (including phenoxy) is 3. The number of H-pyrrole nitrogens is 1. The summed E-state index contributed by atoms with van der Waals surface area (Å²) in [4.78, 5) is 83.0. The predicted octanol–water partition coefficient (Wildman–Crippen LogP) is 1.82. The SMILES string of the molecule is Cc1cn([C@H]2C[C@H](N=[N+]=[N-])[C@@H](COC(=O)C(=O)N3CCCC3C(=O)N[C@@H](Cc3ccccc3)C(=O)OCc3ccccc3)O2)c(=O)[nH]c1=O. The van der Waals surface area contributed by atoms with Crippen molar-refractivity contribution in [1.29, 1.82) is 0 Å². The number of aryl methyl sites for hydroxylation is 1. The summed E-state index contributed by atoms with van der Waals surface area (Å²) in [7, 11) is 0. The van der Waals surface area contributed by atoms with E-state index in [-0.39, 0.29) is 38.0 Å². The van der Waals surface area contributed by atoms with Crippen LogP contribution in [0.2, 0.25) is 0 Å². The lowest BCUT2D eigenvalue weighted by Crippen LogP contribution is -2.53. The third kappa shape index (κ3) is 8.60. The number of carbonyl (C=O) groups is 4. The van der Waals surface area contributed by atoms with Crippen molar-refractivity contribution < 1.29 is 33.4 Å². The Morgan fingerprint density at radius 3 is 2.45 bits per heavy atom. The second kappa shape index (κ2) is 15.9. The van der Waals surface area contributed by atoms with Gasteiger partial charge in [0.15, 0.2) is 0 Å². The third-order valence-corrected chi connectivity index (χ3v) is 8.34. The van der Waals surface area contributed by atoms with Crippen molar-refractivity contribution in [2.45, 2.75) is 69.7 Å². The van der Waals surface area contributed by atoms with Gasteiger partial charge in [-0.25, -0.2) is 14.4 Å². The summed E-state index contributed by atoms with van der Waals surface area (Å²) in [5.41, 5.74) is 9.56. The van der Waals surface area contributed by atoms with E-state index in [9.17, 15) is 28.8 Å². The van der Waals surface area contributed by atoms with Crippen molar-refractivity contribution in [2.24, 2.45) is 5.11 Å². The van der Waals surface area contributed by atoms with Gasteiger partial charge < -0.3 is 24.4 Å². The van der Waals surface area contributed by atoms with Crippen molar-refractivity contribution in [3.63, 3.8) is 0 Å². The van der Waals surface area contributed by atoms with Crippen LogP contribution in [0.5, 0.6) is 0 Å². The molecule has 16 heteroatoms. The molecule has 0 spiro atoms. The molecule has 0 saturated carbocycles. The number of nitrogens with one attached hydrogen (secondary N) is 2. The number of likely N-dealkylation sites (tertiary alicyclic amines) is 1. The van der Waals surface area contributed by atoms with Crippen molar-refractivity contribution in [2.75, 3.05) is 13.2 Å². The lowest BCUT2D eigenvalue weighted by Gasteiger charge is -2.26. The molecule has 1 aromatic heterocycles. The minimum atomic E-state index is -1.26. The van der Waals surface area contributed by atoms with Crippen LogP contribution >= 0.6 is 0 Å². The Kier molecular flexibility index (Phi) is 11.2. The van der Waals surface area contributed by atoms with Crippen LogP contribution in [0.25, 0.3) is 10.4 Å². The van der Waals surface area contributed by atoms with Gasteiger partial charge in [0.05, 0.1) is 6.04 Å². The number of nitrogens with zero attached hydrogens (tertiary/aromatic N) is 5. The third-order valence-electron chi connectivity index (χ3n) is 8.34. The molecule has 256 valence electrons. The van der Waals surface area contributed by atoms with E-state index in [0.29, 0.717) is 6.42 Å². The molecule has 16 nitrogen and oxygen atoms in total. The summed E-state index contributed by atoms with van der Waals surface area (Å²) in [5.74, 6) is -3.60. The highest BCUT2D eigenvalue weighted by molar-refractivity contribution is 6.32. The number of aromatic amines is 1. The van der Waals surface area contributed by atoms with Crippen LogP contribution in [-0.2, 0) is 46.4 Å². The van der Waals surface area contributed by atoms with Gasteiger partial charge in [-0.2, -0.15) is 0 Å². The van der Waals surface area contributed by atoms with Crippen molar-refractivity contribution in [1.82, 2.24) is 19.8 Å². The summed E-state index contributed by atoms with van der Waals surface area (Å²) in [6, 6.07) is 15.2. The lowest BCUT2D eigenvalue weighted by atomic mass is 10.1. The Morgan fingerprint density at radius 2 is 1.76 bits per heavy atom. The van der Waals surface area contributed by atoms with E-state index in [1.54, 1.807) is 0 Å². The number of hydrogen-bond acceptors (Lipinski definition) is 10. The highest BCUT2D eigenvalue weighted by atomic mass is 16.6. The summed E-state index contributed by atoms with van der Waals surface area (Å²) in [6.07, 6.45) is 0.228. The van der Waals surface area contributed by atoms with Gasteiger partial charge in [-0.05, 0) is 36.4 Å². The highest BCUT2D eigenvalue weighted by Gasteiger charge is 2.41. The fourth-order valence-electron chi connectivity index (χ4n) is 5.78. The minimum absolute atomic E-state index is 0.00788. The summed E-state index contributed by atoms with van der Waals surface area (Å²) in [5, 5.41) is 6.40. The Hall–Kier alpha value is -5.73. The monoisotopic (exact) mass is 673 g/mol. The smallest absolute Gasteiger partial charge is 0.397 e. The quantitative estimate of drug-likeness (QED) is 0.0997. The van der Waals surface area contributed by atoms with E-state index in [0.717, 1.165) is 20.6 Å². The lowest BCUT2D eigenvalue weighted by molar-refractivity contribution is -0.164. The second-order valence-electron chi connectivity index (χ2n) is 11.7. The summed E-state index contributed by atoms with van der Waals surface area (Å²) in [6.45, 7) is 1.13. The molecule has 5 rings (SSSR count). The zero-order chi connectivity index (χ0) is 34.9. The maximum atomic E-state index is 13.5. The van der Waals surface area contributed by atoms with Gasteiger partial charge in [-0.1, -0.05) is 65.8 Å². The number of hydrogen-bond donors (Lipinski definition) is 2. The zero-order valence-electron chi connectivity index (χ0n) is 26.6. The molecule has 2 N–H and O–H groups in total. The van der Waals surface area contributed by atoms with Gasteiger partial charge in [0.1, 0.15) is 37.6 Å². The molecule has 2 saturated heterocycles. The molecule has 2 aromatic carbocycles. The molecule has 0 radical (unpaired) electrons. The van der Waals surface area contributed by atoms with Gasteiger partial charge >= 0.3 is 23.5 Å². The van der Waals surface area contributed by atoms with E-state index >= 15 is 0 Å². The van der Waals surface area contributed by atoms with Crippen LogP contribution in [0.15, 0.2) is 81.6 Å². The molecular weight excluding hydrogens is 638 g/mol. The van der Waals surface area contributed by atoms with Crippen LogP contribution in [0.1, 0.15) is 42.2 Å². The van der Waals surface area contributed by atoms with Gasteiger partial charge in [-0.3, -0.25) is 23.9 Å². The molecular formula is C33H35N7O9. The molecule has 2 aliphatic heterocycles. The van der Waals surface area contributed by atoms with E-state index in [1.165, 1.54) is 13.1 Å². The largest absolute Gasteiger partial charge is 0.459 e. The number of benzene rings is 2. The molecule has 2 aliphatic rings. The highest BCUT2D eigenvalue weighted by Crippen LogP contribution is 2.30. The molecule has 2 fully saturated rings. The van der Waals surface area contributed by atoms with Crippen LogP contribution < -0.4 is 16.6 Å². The summed E-state index contributed by atoms with van der Waals surface area (Å²) < 4.78 is 17.7. The van der Waals surface area contributed by atoms with Gasteiger partial charge in [0, 0.05) is 36.1 Å². The topological polar surface area (TPSA) is 215 Å².